The predicted molar refractivity (Wildman–Crippen MR) is 125 cm³/mol. The van der Waals surface area contributed by atoms with Gasteiger partial charge in [0.1, 0.15) is 11.8 Å². The lowest BCUT2D eigenvalue weighted by atomic mass is 10.0. The van der Waals surface area contributed by atoms with Crippen LogP contribution in [-0.2, 0) is 16.1 Å². The summed E-state index contributed by atoms with van der Waals surface area (Å²) in [6.07, 6.45) is 0.819. The van der Waals surface area contributed by atoms with Gasteiger partial charge in [-0.25, -0.2) is 0 Å². The zero-order valence-corrected chi connectivity index (χ0v) is 19.8. The van der Waals surface area contributed by atoms with Gasteiger partial charge in [-0.05, 0) is 61.6 Å². The summed E-state index contributed by atoms with van der Waals surface area (Å²) in [6.45, 7) is 10.1. The van der Waals surface area contributed by atoms with Gasteiger partial charge in [-0.3, -0.25) is 9.59 Å². The lowest BCUT2D eigenvalue weighted by Crippen LogP contribution is -2.50. The minimum atomic E-state index is -0.635. The van der Waals surface area contributed by atoms with Gasteiger partial charge in [-0.1, -0.05) is 56.6 Å². The SMILES string of the molecule is CC[C@@H](C)NC(=O)[C@H](C)N(Cc1ccc(Cl)cc1)C(=O)COc1ccc(C(C)C)cc1. The summed E-state index contributed by atoms with van der Waals surface area (Å²) in [7, 11) is 0. The van der Waals surface area contributed by atoms with E-state index in [0.29, 0.717) is 23.2 Å². The zero-order valence-electron chi connectivity index (χ0n) is 19.0. The van der Waals surface area contributed by atoms with Gasteiger partial charge in [-0.15, -0.1) is 0 Å². The zero-order chi connectivity index (χ0) is 23.0. The quantitative estimate of drug-likeness (QED) is 0.549. The number of benzene rings is 2. The molecule has 0 unspecified atom stereocenters. The number of carbonyl (C=O) groups excluding carboxylic acids is 2. The molecule has 31 heavy (non-hydrogen) atoms. The van der Waals surface area contributed by atoms with Crippen molar-refractivity contribution in [2.45, 2.75) is 65.6 Å². The van der Waals surface area contributed by atoms with E-state index in [-0.39, 0.29) is 24.5 Å². The number of nitrogens with zero attached hydrogens (tertiary/aromatic N) is 1. The van der Waals surface area contributed by atoms with Crippen molar-refractivity contribution >= 4 is 23.4 Å². The van der Waals surface area contributed by atoms with Crippen molar-refractivity contribution in [3.8, 4) is 5.75 Å². The average Bonchev–Trinajstić information content (AvgIpc) is 2.76. The van der Waals surface area contributed by atoms with Crippen molar-refractivity contribution in [1.82, 2.24) is 10.2 Å². The van der Waals surface area contributed by atoms with Gasteiger partial charge in [0.25, 0.3) is 5.91 Å². The van der Waals surface area contributed by atoms with E-state index < -0.39 is 6.04 Å². The molecule has 0 aliphatic heterocycles. The maximum absolute atomic E-state index is 13.1. The largest absolute Gasteiger partial charge is 0.484 e. The van der Waals surface area contributed by atoms with Gasteiger partial charge in [0, 0.05) is 17.6 Å². The first-order valence-corrected chi connectivity index (χ1v) is 11.2. The Hall–Kier alpha value is -2.53. The number of nitrogens with one attached hydrogen (secondary N) is 1. The fourth-order valence-electron chi connectivity index (χ4n) is 3.01. The van der Waals surface area contributed by atoms with Crippen LogP contribution < -0.4 is 10.1 Å². The first kappa shape index (κ1) is 24.7. The highest BCUT2D eigenvalue weighted by Gasteiger charge is 2.27. The molecule has 0 aliphatic carbocycles. The third kappa shape index (κ3) is 7.59. The monoisotopic (exact) mass is 444 g/mol. The van der Waals surface area contributed by atoms with Crippen LogP contribution in [0, 0.1) is 0 Å². The summed E-state index contributed by atoms with van der Waals surface area (Å²) in [6, 6.07) is 14.4. The first-order chi connectivity index (χ1) is 14.7. The van der Waals surface area contributed by atoms with E-state index in [9.17, 15) is 9.59 Å². The van der Waals surface area contributed by atoms with Crippen molar-refractivity contribution in [2.75, 3.05) is 6.61 Å². The van der Waals surface area contributed by atoms with Crippen LogP contribution in [0.4, 0.5) is 0 Å². The van der Waals surface area contributed by atoms with Crippen molar-refractivity contribution in [3.05, 3.63) is 64.7 Å². The Morgan fingerprint density at radius 2 is 1.61 bits per heavy atom. The van der Waals surface area contributed by atoms with Crippen LogP contribution in [0.3, 0.4) is 0 Å². The molecule has 2 atom stereocenters. The number of ether oxygens (including phenoxy) is 1. The highest BCUT2D eigenvalue weighted by molar-refractivity contribution is 6.30. The topological polar surface area (TPSA) is 58.6 Å². The van der Waals surface area contributed by atoms with E-state index in [1.54, 1.807) is 24.0 Å². The molecule has 0 saturated heterocycles. The Labute approximate surface area is 190 Å². The van der Waals surface area contributed by atoms with Gasteiger partial charge in [0.15, 0.2) is 6.61 Å². The van der Waals surface area contributed by atoms with E-state index in [0.717, 1.165) is 12.0 Å². The molecule has 168 valence electrons. The molecule has 0 fully saturated rings. The highest BCUT2D eigenvalue weighted by atomic mass is 35.5. The Balaban J connectivity index is 2.12. The third-order valence-electron chi connectivity index (χ3n) is 5.34. The molecule has 0 bridgehead atoms. The summed E-state index contributed by atoms with van der Waals surface area (Å²) in [5, 5.41) is 3.58. The molecule has 2 aromatic carbocycles. The normalized spacial score (nSPS) is 12.9. The lowest BCUT2D eigenvalue weighted by Gasteiger charge is -2.29. The van der Waals surface area contributed by atoms with Gasteiger partial charge < -0.3 is 15.0 Å². The molecule has 0 heterocycles. The molecular weight excluding hydrogens is 412 g/mol. The minimum Gasteiger partial charge on any atom is -0.484 e. The van der Waals surface area contributed by atoms with Crippen LogP contribution >= 0.6 is 11.6 Å². The smallest absolute Gasteiger partial charge is 0.261 e. The van der Waals surface area contributed by atoms with Crippen molar-refractivity contribution in [3.63, 3.8) is 0 Å². The van der Waals surface area contributed by atoms with E-state index >= 15 is 0 Å². The van der Waals surface area contributed by atoms with Gasteiger partial charge in [0.2, 0.25) is 5.91 Å². The standard InChI is InChI=1S/C25H33ClN2O3/c1-6-18(4)27-25(30)19(5)28(15-20-7-11-22(26)12-8-20)24(29)16-31-23-13-9-21(10-14-23)17(2)3/h7-14,17-19H,6,15-16H2,1-5H3,(H,27,30)/t18-,19+/m1/s1. The summed E-state index contributed by atoms with van der Waals surface area (Å²) >= 11 is 5.98. The van der Waals surface area contributed by atoms with E-state index in [1.165, 1.54) is 5.56 Å². The van der Waals surface area contributed by atoms with Crippen LogP contribution in [0.15, 0.2) is 48.5 Å². The molecule has 1 N–H and O–H groups in total. The molecule has 6 heteroatoms. The minimum absolute atomic E-state index is 0.0400. The number of rotatable bonds is 10. The molecule has 2 aromatic rings. The Morgan fingerprint density at radius 3 is 2.16 bits per heavy atom. The predicted octanol–water partition coefficient (Wildman–Crippen LogP) is 5.17. The molecule has 0 aromatic heterocycles. The van der Waals surface area contributed by atoms with Crippen LogP contribution in [0.25, 0.3) is 0 Å². The maximum Gasteiger partial charge on any atom is 0.261 e. The van der Waals surface area contributed by atoms with Crippen LogP contribution in [0.5, 0.6) is 5.75 Å². The Bertz CT molecular complexity index is 850. The number of halogens is 1. The molecular formula is C25H33ClN2O3. The summed E-state index contributed by atoms with van der Waals surface area (Å²) in [5.74, 6) is 0.615. The van der Waals surface area contributed by atoms with Gasteiger partial charge >= 0.3 is 0 Å². The average molecular weight is 445 g/mol. The van der Waals surface area contributed by atoms with Gasteiger partial charge in [-0.2, -0.15) is 0 Å². The van der Waals surface area contributed by atoms with Crippen molar-refractivity contribution in [2.24, 2.45) is 0 Å². The fourth-order valence-corrected chi connectivity index (χ4v) is 3.14. The number of hydrogen-bond donors (Lipinski definition) is 1. The highest BCUT2D eigenvalue weighted by Crippen LogP contribution is 2.19. The number of amides is 2. The summed E-state index contributed by atoms with van der Waals surface area (Å²) in [5.41, 5.74) is 2.10. The molecule has 0 aliphatic rings. The molecule has 2 amide bonds. The van der Waals surface area contributed by atoms with Crippen molar-refractivity contribution in [1.29, 1.82) is 0 Å². The summed E-state index contributed by atoms with van der Waals surface area (Å²) < 4.78 is 5.73. The maximum atomic E-state index is 13.1. The second-order valence-corrected chi connectivity index (χ2v) is 8.59. The van der Waals surface area contributed by atoms with E-state index in [2.05, 4.69) is 19.2 Å². The molecule has 0 spiro atoms. The number of hydrogen-bond acceptors (Lipinski definition) is 3. The van der Waals surface area contributed by atoms with Crippen LogP contribution in [0.2, 0.25) is 5.02 Å². The molecule has 0 saturated carbocycles. The molecule has 2 rings (SSSR count). The molecule has 0 radical (unpaired) electrons. The second kappa shape index (κ2) is 11.8. The second-order valence-electron chi connectivity index (χ2n) is 8.15. The number of carbonyl (C=O) groups is 2. The Kier molecular flexibility index (Phi) is 9.38. The van der Waals surface area contributed by atoms with Crippen LogP contribution in [0.1, 0.15) is 58.1 Å². The van der Waals surface area contributed by atoms with Gasteiger partial charge in [0.05, 0.1) is 0 Å². The first-order valence-electron chi connectivity index (χ1n) is 10.8. The summed E-state index contributed by atoms with van der Waals surface area (Å²) in [4.78, 5) is 27.3. The third-order valence-corrected chi connectivity index (χ3v) is 5.60. The lowest BCUT2D eigenvalue weighted by molar-refractivity contribution is -0.142. The Morgan fingerprint density at radius 1 is 1.00 bits per heavy atom. The van der Waals surface area contributed by atoms with Crippen LogP contribution in [-0.4, -0.2) is 35.4 Å². The van der Waals surface area contributed by atoms with E-state index in [4.69, 9.17) is 16.3 Å². The van der Waals surface area contributed by atoms with E-state index in [1.807, 2.05) is 50.2 Å². The fraction of sp³-hybridized carbons (Fsp3) is 0.440. The molecule has 5 nitrogen and oxygen atoms in total. The van der Waals surface area contributed by atoms with Crippen molar-refractivity contribution < 1.29 is 14.3 Å².